The van der Waals surface area contributed by atoms with E-state index in [2.05, 4.69) is 5.16 Å². The fourth-order valence-electron chi connectivity index (χ4n) is 3.83. The average Bonchev–Trinajstić information content (AvgIpc) is 3.43. The Morgan fingerprint density at radius 2 is 2.10 bits per heavy atom. The molecule has 0 unspecified atom stereocenters. The van der Waals surface area contributed by atoms with Gasteiger partial charge in [-0.2, -0.15) is 0 Å². The van der Waals surface area contributed by atoms with E-state index in [1.165, 1.54) is 22.2 Å². The Kier molecular flexibility index (Phi) is 5.12. The summed E-state index contributed by atoms with van der Waals surface area (Å²) in [5.74, 6) is 2.14. The summed E-state index contributed by atoms with van der Waals surface area (Å²) in [4.78, 5) is 20.7. The molecule has 3 aromatic heterocycles. The molecule has 0 amide bonds. The molecule has 0 atom stereocenters. The number of hydrogen-bond acceptors (Lipinski definition) is 7. The fourth-order valence-corrected chi connectivity index (χ4v) is 6.03. The van der Waals surface area contributed by atoms with Gasteiger partial charge in [-0.15, -0.1) is 11.3 Å². The number of thioether (sulfide) groups is 1. The van der Waals surface area contributed by atoms with Crippen molar-refractivity contribution in [3.05, 3.63) is 62.6 Å². The maximum absolute atomic E-state index is 13.6. The summed E-state index contributed by atoms with van der Waals surface area (Å²) in [5, 5.41) is 5.51. The van der Waals surface area contributed by atoms with E-state index < -0.39 is 0 Å². The van der Waals surface area contributed by atoms with Crippen LogP contribution in [0, 0.1) is 6.92 Å². The monoisotopic (exact) mass is 439 g/mol. The molecule has 8 heteroatoms. The van der Waals surface area contributed by atoms with E-state index in [1.807, 2.05) is 44.2 Å². The second kappa shape index (κ2) is 7.92. The van der Waals surface area contributed by atoms with Gasteiger partial charge in [0, 0.05) is 16.7 Å². The highest BCUT2D eigenvalue weighted by Crippen LogP contribution is 2.36. The molecule has 0 radical (unpaired) electrons. The Morgan fingerprint density at radius 1 is 1.27 bits per heavy atom. The maximum Gasteiger partial charge on any atom is 0.267 e. The van der Waals surface area contributed by atoms with Crippen LogP contribution in [-0.4, -0.2) is 21.3 Å². The number of thiophene rings is 1. The molecule has 0 fully saturated rings. The summed E-state index contributed by atoms with van der Waals surface area (Å²) in [6, 6.07) is 9.52. The molecule has 30 heavy (non-hydrogen) atoms. The third-order valence-corrected chi connectivity index (χ3v) is 7.30. The summed E-state index contributed by atoms with van der Waals surface area (Å²) in [6.07, 6.45) is 3.11. The molecule has 5 rings (SSSR count). The largest absolute Gasteiger partial charge is 0.494 e. The minimum atomic E-state index is 0.00222. The van der Waals surface area contributed by atoms with Gasteiger partial charge in [0.15, 0.2) is 5.16 Å². The SMILES string of the molecule is CCOc1ccc(-n2c(SCc3cc(C)on3)nc3sc4c(c3c2=O)CCC4)cc1. The van der Waals surface area contributed by atoms with Crippen molar-refractivity contribution in [1.29, 1.82) is 0 Å². The first-order valence-electron chi connectivity index (χ1n) is 9.99. The lowest BCUT2D eigenvalue weighted by molar-refractivity contribution is 0.340. The Labute approximate surface area is 181 Å². The highest BCUT2D eigenvalue weighted by molar-refractivity contribution is 7.98. The van der Waals surface area contributed by atoms with E-state index in [1.54, 1.807) is 15.9 Å². The number of nitrogens with zero attached hydrogens (tertiary/aromatic N) is 3. The molecule has 0 saturated carbocycles. The minimum Gasteiger partial charge on any atom is -0.494 e. The van der Waals surface area contributed by atoms with Gasteiger partial charge in [-0.3, -0.25) is 9.36 Å². The molecule has 3 heterocycles. The predicted octanol–water partition coefficient (Wildman–Crippen LogP) is 4.92. The first-order valence-corrected chi connectivity index (χ1v) is 11.8. The van der Waals surface area contributed by atoms with E-state index in [0.29, 0.717) is 17.5 Å². The topological polar surface area (TPSA) is 70.2 Å². The fraction of sp³-hybridized carbons (Fsp3) is 0.318. The van der Waals surface area contributed by atoms with Crippen molar-refractivity contribution in [2.24, 2.45) is 0 Å². The van der Waals surface area contributed by atoms with E-state index >= 15 is 0 Å². The number of ether oxygens (including phenoxy) is 1. The summed E-state index contributed by atoms with van der Waals surface area (Å²) >= 11 is 3.16. The quantitative estimate of drug-likeness (QED) is 0.314. The zero-order valence-electron chi connectivity index (χ0n) is 16.8. The van der Waals surface area contributed by atoms with Gasteiger partial charge in [-0.1, -0.05) is 16.9 Å². The Morgan fingerprint density at radius 3 is 2.83 bits per heavy atom. The molecule has 4 aromatic rings. The number of fused-ring (bicyclic) bond motifs is 3. The minimum absolute atomic E-state index is 0.00222. The highest BCUT2D eigenvalue weighted by Gasteiger charge is 2.24. The van der Waals surface area contributed by atoms with Crippen LogP contribution in [0.25, 0.3) is 15.9 Å². The molecule has 0 aliphatic heterocycles. The van der Waals surface area contributed by atoms with Gasteiger partial charge < -0.3 is 9.26 Å². The number of aryl methyl sites for hydroxylation is 3. The third kappa shape index (κ3) is 3.44. The van der Waals surface area contributed by atoms with Crippen molar-refractivity contribution in [2.45, 2.75) is 44.0 Å². The van der Waals surface area contributed by atoms with Crippen LogP contribution >= 0.6 is 23.1 Å². The van der Waals surface area contributed by atoms with Crippen molar-refractivity contribution < 1.29 is 9.26 Å². The molecular formula is C22H21N3O3S2. The number of rotatable bonds is 6. The first kappa shape index (κ1) is 19.4. The van der Waals surface area contributed by atoms with Crippen molar-refractivity contribution >= 4 is 33.3 Å². The molecule has 0 saturated heterocycles. The van der Waals surface area contributed by atoms with Crippen LogP contribution in [0.3, 0.4) is 0 Å². The lowest BCUT2D eigenvalue weighted by atomic mass is 10.2. The van der Waals surface area contributed by atoms with Crippen molar-refractivity contribution in [1.82, 2.24) is 14.7 Å². The zero-order chi connectivity index (χ0) is 20.7. The second-order valence-electron chi connectivity index (χ2n) is 7.22. The lowest BCUT2D eigenvalue weighted by Crippen LogP contribution is -2.21. The van der Waals surface area contributed by atoms with E-state index in [9.17, 15) is 4.79 Å². The lowest BCUT2D eigenvalue weighted by Gasteiger charge is -2.13. The number of hydrogen-bond donors (Lipinski definition) is 0. The molecule has 0 spiro atoms. The molecule has 1 aromatic carbocycles. The zero-order valence-corrected chi connectivity index (χ0v) is 18.4. The summed E-state index contributed by atoms with van der Waals surface area (Å²) < 4.78 is 12.5. The van der Waals surface area contributed by atoms with Gasteiger partial charge in [0.05, 0.1) is 23.4 Å². The first-order chi connectivity index (χ1) is 14.6. The van der Waals surface area contributed by atoms with Gasteiger partial charge in [-0.05, 0) is 62.9 Å². The van der Waals surface area contributed by atoms with Crippen molar-refractivity contribution in [3.8, 4) is 11.4 Å². The van der Waals surface area contributed by atoms with Crippen LogP contribution in [-0.2, 0) is 18.6 Å². The average molecular weight is 440 g/mol. The van der Waals surface area contributed by atoms with Crippen LogP contribution in [0.2, 0.25) is 0 Å². The molecule has 1 aliphatic rings. The predicted molar refractivity (Wildman–Crippen MR) is 119 cm³/mol. The van der Waals surface area contributed by atoms with Crippen LogP contribution in [0.15, 0.2) is 44.8 Å². The number of benzene rings is 1. The van der Waals surface area contributed by atoms with Gasteiger partial charge in [0.1, 0.15) is 16.3 Å². The molecule has 6 nitrogen and oxygen atoms in total. The highest BCUT2D eigenvalue weighted by atomic mass is 32.2. The molecular weight excluding hydrogens is 418 g/mol. The smallest absolute Gasteiger partial charge is 0.267 e. The third-order valence-electron chi connectivity index (χ3n) is 5.14. The van der Waals surface area contributed by atoms with E-state index in [-0.39, 0.29) is 5.56 Å². The van der Waals surface area contributed by atoms with E-state index in [0.717, 1.165) is 52.4 Å². The van der Waals surface area contributed by atoms with Gasteiger partial charge in [0.25, 0.3) is 5.56 Å². The van der Waals surface area contributed by atoms with Crippen LogP contribution in [0.5, 0.6) is 5.75 Å². The molecule has 0 bridgehead atoms. The Balaban J connectivity index is 1.62. The van der Waals surface area contributed by atoms with Crippen LogP contribution < -0.4 is 10.3 Å². The molecule has 0 N–H and O–H groups in total. The number of aromatic nitrogens is 3. The van der Waals surface area contributed by atoms with Gasteiger partial charge in [-0.25, -0.2) is 4.98 Å². The standard InChI is InChI=1S/C22H21N3O3S2/c1-3-27-16-9-7-15(8-10-16)25-21(26)19-17-5-4-6-18(17)30-20(19)23-22(25)29-12-14-11-13(2)28-24-14/h7-11H,3-6,12H2,1-2H3. The normalized spacial score (nSPS) is 13.1. The summed E-state index contributed by atoms with van der Waals surface area (Å²) in [5.41, 5.74) is 2.81. The van der Waals surface area contributed by atoms with E-state index in [4.69, 9.17) is 14.2 Å². The van der Waals surface area contributed by atoms with Crippen molar-refractivity contribution in [3.63, 3.8) is 0 Å². The molecule has 154 valence electrons. The summed E-state index contributed by atoms with van der Waals surface area (Å²) in [7, 11) is 0. The maximum atomic E-state index is 13.6. The van der Waals surface area contributed by atoms with Crippen LogP contribution in [0.4, 0.5) is 0 Å². The molecule has 1 aliphatic carbocycles. The van der Waals surface area contributed by atoms with Crippen molar-refractivity contribution in [2.75, 3.05) is 6.61 Å². The van der Waals surface area contributed by atoms with Gasteiger partial charge in [0.2, 0.25) is 0 Å². The Bertz CT molecular complexity index is 1270. The summed E-state index contributed by atoms with van der Waals surface area (Å²) in [6.45, 7) is 4.42. The van der Waals surface area contributed by atoms with Crippen LogP contribution in [0.1, 0.15) is 35.2 Å². The Hall–Kier alpha value is -2.58. The van der Waals surface area contributed by atoms with Gasteiger partial charge >= 0.3 is 0 Å². The second-order valence-corrected chi connectivity index (χ2v) is 9.24.